The van der Waals surface area contributed by atoms with Gasteiger partial charge in [0, 0.05) is 18.4 Å². The van der Waals surface area contributed by atoms with Crippen LogP contribution in [0.2, 0.25) is 5.02 Å². The van der Waals surface area contributed by atoms with E-state index >= 15 is 0 Å². The molecule has 1 heterocycles. The van der Waals surface area contributed by atoms with Crippen molar-refractivity contribution in [2.45, 2.75) is 19.3 Å². The summed E-state index contributed by atoms with van der Waals surface area (Å²) in [4.78, 5) is 10.6. The molecule has 2 rings (SSSR count). The summed E-state index contributed by atoms with van der Waals surface area (Å²) < 4.78 is 10.7. The largest absolute Gasteiger partial charge is 0.493 e. The van der Waals surface area contributed by atoms with Gasteiger partial charge in [-0.3, -0.25) is 4.79 Å². The lowest BCUT2D eigenvalue weighted by molar-refractivity contribution is -0.136. The van der Waals surface area contributed by atoms with Crippen LogP contribution in [0, 0.1) is 0 Å². The molecule has 0 fully saturated rings. The van der Waals surface area contributed by atoms with Crippen LogP contribution in [0.3, 0.4) is 0 Å². The molecule has 17 heavy (non-hydrogen) atoms. The van der Waals surface area contributed by atoms with E-state index in [1.165, 1.54) is 0 Å². The molecule has 1 aliphatic rings. The molecular weight excluding hydrogens is 244 g/mol. The van der Waals surface area contributed by atoms with Crippen molar-refractivity contribution in [1.29, 1.82) is 0 Å². The Bertz CT molecular complexity index is 456. The highest BCUT2D eigenvalue weighted by atomic mass is 35.5. The molecule has 1 aromatic rings. The fraction of sp³-hybridized carbons (Fsp3) is 0.417. The minimum Gasteiger partial charge on any atom is -0.493 e. The number of carboxylic acids is 1. The van der Waals surface area contributed by atoms with Crippen LogP contribution < -0.4 is 9.47 Å². The summed E-state index contributed by atoms with van der Waals surface area (Å²) in [5.74, 6) is 0.482. The zero-order valence-electron chi connectivity index (χ0n) is 9.46. The molecule has 0 aromatic heterocycles. The van der Waals surface area contributed by atoms with Gasteiger partial charge in [-0.1, -0.05) is 11.6 Å². The smallest absolute Gasteiger partial charge is 0.303 e. The second-order valence-electron chi connectivity index (χ2n) is 3.85. The Morgan fingerprint density at radius 2 is 2.41 bits per heavy atom. The first-order valence-electron chi connectivity index (χ1n) is 5.36. The van der Waals surface area contributed by atoms with Gasteiger partial charge in [-0.2, -0.15) is 0 Å². The predicted molar refractivity (Wildman–Crippen MR) is 63.2 cm³/mol. The first kappa shape index (κ1) is 12.0. The Labute approximate surface area is 104 Å². The number of aryl methyl sites for hydroxylation is 1. The molecule has 0 spiro atoms. The summed E-state index contributed by atoms with van der Waals surface area (Å²) in [5.41, 5.74) is 1.72. The zero-order chi connectivity index (χ0) is 12.4. The number of aliphatic carboxylic acids is 1. The first-order chi connectivity index (χ1) is 8.13. The van der Waals surface area contributed by atoms with E-state index in [2.05, 4.69) is 0 Å². The van der Waals surface area contributed by atoms with E-state index in [0.29, 0.717) is 29.5 Å². The number of hydrogen-bond acceptors (Lipinski definition) is 3. The van der Waals surface area contributed by atoms with Gasteiger partial charge in [-0.05, 0) is 18.1 Å². The van der Waals surface area contributed by atoms with Crippen LogP contribution in [0.15, 0.2) is 6.07 Å². The highest BCUT2D eigenvalue weighted by Crippen LogP contribution is 2.42. The average molecular weight is 257 g/mol. The molecule has 0 radical (unpaired) electrons. The maximum absolute atomic E-state index is 10.6. The van der Waals surface area contributed by atoms with Gasteiger partial charge in [0.05, 0.1) is 18.7 Å². The normalized spacial score (nSPS) is 13.1. The Hall–Kier alpha value is -1.42. The second kappa shape index (κ2) is 4.84. The Balaban J connectivity index is 2.36. The maximum Gasteiger partial charge on any atom is 0.303 e. The quantitative estimate of drug-likeness (QED) is 0.898. The van der Waals surface area contributed by atoms with Gasteiger partial charge in [-0.15, -0.1) is 0 Å². The topological polar surface area (TPSA) is 55.8 Å². The molecule has 0 amide bonds. The summed E-state index contributed by atoms with van der Waals surface area (Å²) in [6.45, 7) is 0.591. The molecule has 4 nitrogen and oxygen atoms in total. The van der Waals surface area contributed by atoms with Gasteiger partial charge in [0.25, 0.3) is 0 Å². The third-order valence-electron chi connectivity index (χ3n) is 2.78. The summed E-state index contributed by atoms with van der Waals surface area (Å²) in [6.07, 6.45) is 1.20. The maximum atomic E-state index is 10.6. The number of methoxy groups -OCH3 is 1. The number of ether oxygens (including phenoxy) is 2. The van der Waals surface area contributed by atoms with Gasteiger partial charge < -0.3 is 14.6 Å². The van der Waals surface area contributed by atoms with Crippen LogP contribution in [0.25, 0.3) is 0 Å². The SMILES string of the molecule is COc1cc(CCC(=O)O)c(Cl)c2c1OCC2. The third-order valence-corrected chi connectivity index (χ3v) is 3.25. The molecule has 1 aromatic carbocycles. The molecule has 1 N–H and O–H groups in total. The first-order valence-corrected chi connectivity index (χ1v) is 5.74. The van der Waals surface area contributed by atoms with E-state index in [-0.39, 0.29) is 6.42 Å². The van der Waals surface area contributed by atoms with Crippen LogP contribution >= 0.6 is 11.6 Å². The number of carbonyl (C=O) groups is 1. The number of halogens is 1. The lowest BCUT2D eigenvalue weighted by Gasteiger charge is -2.12. The summed E-state index contributed by atoms with van der Waals surface area (Å²) >= 11 is 6.24. The Morgan fingerprint density at radius 1 is 1.65 bits per heavy atom. The van der Waals surface area contributed by atoms with Crippen molar-refractivity contribution in [2.75, 3.05) is 13.7 Å². The summed E-state index contributed by atoms with van der Waals surface area (Å²) in [6, 6.07) is 1.76. The van der Waals surface area contributed by atoms with Gasteiger partial charge in [0.15, 0.2) is 11.5 Å². The third kappa shape index (κ3) is 2.31. The standard InChI is InChI=1S/C12H13ClO4/c1-16-9-6-7(2-3-10(14)15)11(13)8-4-5-17-12(8)9/h6H,2-5H2,1H3,(H,14,15). The lowest BCUT2D eigenvalue weighted by atomic mass is 10.0. The fourth-order valence-corrected chi connectivity index (χ4v) is 2.27. The van der Waals surface area contributed by atoms with E-state index < -0.39 is 5.97 Å². The number of carboxylic acid groups (broad SMARTS) is 1. The minimum absolute atomic E-state index is 0.0581. The second-order valence-corrected chi connectivity index (χ2v) is 4.23. The number of fused-ring (bicyclic) bond motifs is 1. The van der Waals surface area contributed by atoms with E-state index in [1.54, 1.807) is 13.2 Å². The van der Waals surface area contributed by atoms with Crippen LogP contribution in [0.1, 0.15) is 17.5 Å². The van der Waals surface area contributed by atoms with E-state index in [0.717, 1.165) is 17.5 Å². The van der Waals surface area contributed by atoms with Crippen molar-refractivity contribution in [2.24, 2.45) is 0 Å². The lowest BCUT2D eigenvalue weighted by Crippen LogP contribution is -2.00. The highest BCUT2D eigenvalue weighted by molar-refractivity contribution is 6.32. The molecule has 0 aliphatic carbocycles. The van der Waals surface area contributed by atoms with E-state index in [1.807, 2.05) is 0 Å². The summed E-state index contributed by atoms with van der Waals surface area (Å²) in [5, 5.41) is 9.30. The molecule has 0 saturated heterocycles. The van der Waals surface area contributed by atoms with Crippen molar-refractivity contribution in [1.82, 2.24) is 0 Å². The van der Waals surface area contributed by atoms with Gasteiger partial charge in [0.1, 0.15) is 0 Å². The fourth-order valence-electron chi connectivity index (χ4n) is 1.94. The van der Waals surface area contributed by atoms with Gasteiger partial charge in [-0.25, -0.2) is 0 Å². The number of benzene rings is 1. The highest BCUT2D eigenvalue weighted by Gasteiger charge is 2.23. The van der Waals surface area contributed by atoms with Crippen molar-refractivity contribution in [3.8, 4) is 11.5 Å². The number of rotatable bonds is 4. The van der Waals surface area contributed by atoms with E-state index in [9.17, 15) is 4.79 Å². The van der Waals surface area contributed by atoms with Crippen molar-refractivity contribution >= 4 is 17.6 Å². The van der Waals surface area contributed by atoms with Crippen molar-refractivity contribution in [3.05, 3.63) is 22.2 Å². The molecule has 92 valence electrons. The van der Waals surface area contributed by atoms with Crippen LogP contribution in [0.4, 0.5) is 0 Å². The van der Waals surface area contributed by atoms with Crippen LogP contribution in [-0.4, -0.2) is 24.8 Å². The molecule has 0 atom stereocenters. The molecule has 0 saturated carbocycles. The molecular formula is C12H13ClO4. The van der Waals surface area contributed by atoms with Crippen LogP contribution in [-0.2, 0) is 17.6 Å². The monoisotopic (exact) mass is 256 g/mol. The predicted octanol–water partition coefficient (Wildman–Crippen LogP) is 2.30. The molecule has 0 unspecified atom stereocenters. The zero-order valence-corrected chi connectivity index (χ0v) is 10.2. The van der Waals surface area contributed by atoms with Crippen molar-refractivity contribution in [3.63, 3.8) is 0 Å². The summed E-state index contributed by atoms with van der Waals surface area (Å²) in [7, 11) is 1.56. The molecule has 0 bridgehead atoms. The van der Waals surface area contributed by atoms with Gasteiger partial charge >= 0.3 is 5.97 Å². The Kier molecular flexibility index (Phi) is 3.43. The van der Waals surface area contributed by atoms with E-state index in [4.69, 9.17) is 26.2 Å². The Morgan fingerprint density at radius 3 is 3.06 bits per heavy atom. The average Bonchev–Trinajstić information content (AvgIpc) is 2.77. The van der Waals surface area contributed by atoms with Crippen molar-refractivity contribution < 1.29 is 19.4 Å². The van der Waals surface area contributed by atoms with Gasteiger partial charge in [0.2, 0.25) is 0 Å². The van der Waals surface area contributed by atoms with Crippen LogP contribution in [0.5, 0.6) is 11.5 Å². The minimum atomic E-state index is -0.836. The molecule has 5 heteroatoms. The molecule has 1 aliphatic heterocycles. The number of hydrogen-bond donors (Lipinski definition) is 1.